The van der Waals surface area contributed by atoms with E-state index in [0.717, 1.165) is 30.1 Å². The van der Waals surface area contributed by atoms with Crippen LogP contribution in [0, 0.1) is 0 Å². The minimum absolute atomic E-state index is 0.486. The molecular formula is C18H21N5O. The lowest BCUT2D eigenvalue weighted by Gasteiger charge is -2.14. The van der Waals surface area contributed by atoms with Crippen molar-refractivity contribution in [1.29, 1.82) is 0 Å². The molecule has 2 aliphatic rings. The van der Waals surface area contributed by atoms with E-state index in [2.05, 4.69) is 42.8 Å². The van der Waals surface area contributed by atoms with Gasteiger partial charge in [-0.05, 0) is 57.0 Å². The van der Waals surface area contributed by atoms with Crippen molar-refractivity contribution >= 4 is 11.0 Å². The molecule has 3 heterocycles. The van der Waals surface area contributed by atoms with Crippen LogP contribution in [0.3, 0.4) is 0 Å². The molecule has 1 aliphatic heterocycles. The fourth-order valence-corrected chi connectivity index (χ4v) is 3.49. The summed E-state index contributed by atoms with van der Waals surface area (Å²) in [5, 5.41) is 4.12. The Morgan fingerprint density at radius 2 is 2.00 bits per heavy atom. The van der Waals surface area contributed by atoms with E-state index in [-0.39, 0.29) is 0 Å². The number of hydrogen-bond acceptors (Lipinski definition) is 5. The van der Waals surface area contributed by atoms with Gasteiger partial charge in [0.1, 0.15) is 0 Å². The number of fused-ring (bicyclic) bond motifs is 1. The summed E-state index contributed by atoms with van der Waals surface area (Å²) in [4.78, 5) is 11.6. The van der Waals surface area contributed by atoms with Gasteiger partial charge >= 0.3 is 0 Å². The number of benzene rings is 1. The van der Waals surface area contributed by atoms with Crippen LogP contribution in [0.5, 0.6) is 0 Å². The maximum atomic E-state index is 5.36. The first kappa shape index (κ1) is 14.2. The molecule has 2 fully saturated rings. The summed E-state index contributed by atoms with van der Waals surface area (Å²) in [7, 11) is 0. The fraction of sp³-hybridized carbons (Fsp3) is 0.500. The highest BCUT2D eigenvalue weighted by molar-refractivity contribution is 5.80. The van der Waals surface area contributed by atoms with E-state index < -0.39 is 0 Å². The molecule has 1 aromatic carbocycles. The monoisotopic (exact) mass is 323 g/mol. The van der Waals surface area contributed by atoms with E-state index in [1.807, 2.05) is 6.33 Å². The minimum atomic E-state index is 0.486. The normalized spacial score (nSPS) is 18.7. The summed E-state index contributed by atoms with van der Waals surface area (Å²) < 4.78 is 7.60. The SMILES string of the molecule is c1cc2c(cc1-c1noc(C3CC3)n1)ncn2CCN1CCCC1. The van der Waals surface area contributed by atoms with Crippen LogP contribution in [0.1, 0.15) is 37.5 Å². The van der Waals surface area contributed by atoms with Gasteiger partial charge in [0.15, 0.2) is 0 Å². The van der Waals surface area contributed by atoms with Crippen molar-refractivity contribution in [1.82, 2.24) is 24.6 Å². The quantitative estimate of drug-likeness (QED) is 0.722. The Labute approximate surface area is 140 Å². The van der Waals surface area contributed by atoms with Gasteiger partial charge in [-0.25, -0.2) is 4.98 Å². The topological polar surface area (TPSA) is 60.0 Å². The summed E-state index contributed by atoms with van der Waals surface area (Å²) in [6.45, 7) is 4.56. The lowest BCUT2D eigenvalue weighted by molar-refractivity contribution is 0.324. The zero-order chi connectivity index (χ0) is 15.9. The van der Waals surface area contributed by atoms with E-state index in [1.165, 1.54) is 44.3 Å². The van der Waals surface area contributed by atoms with Gasteiger partial charge in [-0.3, -0.25) is 0 Å². The standard InChI is InChI=1S/C18H21N5O/c1-2-8-22(7-1)9-10-23-12-19-15-11-14(5-6-16(15)23)17-20-18(24-21-17)13-3-4-13/h5-6,11-13H,1-4,7-10H2. The van der Waals surface area contributed by atoms with Crippen molar-refractivity contribution < 1.29 is 4.52 Å². The Morgan fingerprint density at radius 3 is 2.83 bits per heavy atom. The predicted octanol–water partition coefficient (Wildman–Crippen LogP) is 3.06. The zero-order valence-electron chi connectivity index (χ0n) is 13.7. The van der Waals surface area contributed by atoms with E-state index in [0.29, 0.717) is 11.7 Å². The molecule has 0 atom stereocenters. The van der Waals surface area contributed by atoms with Crippen LogP contribution in [0.2, 0.25) is 0 Å². The van der Waals surface area contributed by atoms with Crippen LogP contribution in [-0.4, -0.2) is 44.2 Å². The highest BCUT2D eigenvalue weighted by Gasteiger charge is 2.29. The molecule has 1 saturated carbocycles. The first-order valence-electron chi connectivity index (χ1n) is 8.88. The lowest BCUT2D eigenvalue weighted by Crippen LogP contribution is -2.23. The number of likely N-dealkylation sites (tertiary alicyclic amines) is 1. The first-order chi connectivity index (χ1) is 11.9. The fourth-order valence-electron chi connectivity index (χ4n) is 3.49. The molecule has 3 aromatic rings. The van der Waals surface area contributed by atoms with Crippen LogP contribution in [0.4, 0.5) is 0 Å². The van der Waals surface area contributed by atoms with Crippen molar-refractivity contribution in [3.63, 3.8) is 0 Å². The molecule has 5 rings (SSSR count). The Kier molecular flexibility index (Phi) is 3.36. The number of hydrogen-bond donors (Lipinski definition) is 0. The minimum Gasteiger partial charge on any atom is -0.339 e. The second kappa shape index (κ2) is 5.70. The number of imidazole rings is 1. The Hall–Kier alpha value is -2.21. The highest BCUT2D eigenvalue weighted by Crippen LogP contribution is 2.39. The van der Waals surface area contributed by atoms with Gasteiger partial charge in [-0.2, -0.15) is 4.98 Å². The van der Waals surface area contributed by atoms with Crippen molar-refractivity contribution in [2.24, 2.45) is 0 Å². The largest absolute Gasteiger partial charge is 0.339 e. The van der Waals surface area contributed by atoms with Gasteiger partial charge in [0.2, 0.25) is 11.7 Å². The second-order valence-electron chi connectivity index (χ2n) is 6.92. The average Bonchev–Trinajstić information content (AvgIpc) is 3.05. The Morgan fingerprint density at radius 1 is 1.12 bits per heavy atom. The average molecular weight is 323 g/mol. The van der Waals surface area contributed by atoms with E-state index in [9.17, 15) is 0 Å². The van der Waals surface area contributed by atoms with Crippen molar-refractivity contribution in [3.05, 3.63) is 30.4 Å². The first-order valence-corrected chi connectivity index (χ1v) is 8.88. The maximum absolute atomic E-state index is 5.36. The molecule has 124 valence electrons. The molecule has 1 aliphatic carbocycles. The molecule has 0 N–H and O–H groups in total. The molecule has 0 radical (unpaired) electrons. The highest BCUT2D eigenvalue weighted by atomic mass is 16.5. The van der Waals surface area contributed by atoms with Crippen molar-refractivity contribution in [3.8, 4) is 11.4 Å². The van der Waals surface area contributed by atoms with E-state index >= 15 is 0 Å². The van der Waals surface area contributed by atoms with Crippen LogP contribution in [0.15, 0.2) is 29.0 Å². The van der Waals surface area contributed by atoms with Gasteiger partial charge in [0.05, 0.1) is 17.4 Å². The molecule has 6 nitrogen and oxygen atoms in total. The van der Waals surface area contributed by atoms with Gasteiger partial charge in [0, 0.05) is 24.6 Å². The third kappa shape index (κ3) is 2.60. The molecule has 0 amide bonds. The number of nitrogens with zero attached hydrogens (tertiary/aromatic N) is 5. The zero-order valence-corrected chi connectivity index (χ0v) is 13.7. The number of rotatable bonds is 5. The summed E-state index contributed by atoms with van der Waals surface area (Å²) in [5.74, 6) is 1.94. The number of aromatic nitrogens is 4. The molecule has 0 bridgehead atoms. The molecular weight excluding hydrogens is 302 g/mol. The van der Waals surface area contributed by atoms with Crippen molar-refractivity contribution in [2.45, 2.75) is 38.1 Å². The smallest absolute Gasteiger partial charge is 0.230 e. The maximum Gasteiger partial charge on any atom is 0.230 e. The van der Waals surface area contributed by atoms with Crippen LogP contribution in [0.25, 0.3) is 22.4 Å². The molecule has 6 heteroatoms. The van der Waals surface area contributed by atoms with E-state index in [1.54, 1.807) is 0 Å². The third-order valence-electron chi connectivity index (χ3n) is 5.10. The predicted molar refractivity (Wildman–Crippen MR) is 90.7 cm³/mol. The molecule has 0 spiro atoms. The summed E-state index contributed by atoms with van der Waals surface area (Å²) in [6, 6.07) is 6.25. The molecule has 0 unspecified atom stereocenters. The molecule has 1 saturated heterocycles. The van der Waals surface area contributed by atoms with Gasteiger partial charge in [-0.15, -0.1) is 0 Å². The summed E-state index contributed by atoms with van der Waals surface area (Å²) in [6.07, 6.45) is 6.95. The van der Waals surface area contributed by atoms with Crippen LogP contribution in [-0.2, 0) is 6.54 Å². The summed E-state index contributed by atoms with van der Waals surface area (Å²) in [5.41, 5.74) is 3.14. The lowest BCUT2D eigenvalue weighted by atomic mass is 10.2. The summed E-state index contributed by atoms with van der Waals surface area (Å²) >= 11 is 0. The van der Waals surface area contributed by atoms with Crippen LogP contribution < -0.4 is 0 Å². The van der Waals surface area contributed by atoms with E-state index in [4.69, 9.17) is 4.52 Å². The van der Waals surface area contributed by atoms with Gasteiger partial charge < -0.3 is 14.0 Å². The van der Waals surface area contributed by atoms with Crippen molar-refractivity contribution in [2.75, 3.05) is 19.6 Å². The Balaban J connectivity index is 1.37. The second-order valence-corrected chi connectivity index (χ2v) is 6.92. The van der Waals surface area contributed by atoms with Crippen LogP contribution >= 0.6 is 0 Å². The van der Waals surface area contributed by atoms with Gasteiger partial charge in [-0.1, -0.05) is 5.16 Å². The third-order valence-corrected chi connectivity index (χ3v) is 5.10. The Bertz CT molecular complexity index is 857. The van der Waals surface area contributed by atoms with Gasteiger partial charge in [0.25, 0.3) is 0 Å². The molecule has 24 heavy (non-hydrogen) atoms. The molecule has 2 aromatic heterocycles.